The van der Waals surface area contributed by atoms with Gasteiger partial charge in [-0.2, -0.15) is 0 Å². The highest BCUT2D eigenvalue weighted by atomic mass is 19.1. The zero-order chi connectivity index (χ0) is 15.7. The molecule has 0 radical (unpaired) electrons. The number of amides is 3. The van der Waals surface area contributed by atoms with E-state index in [1.807, 2.05) is 18.2 Å². The molecule has 22 heavy (non-hydrogen) atoms. The first-order valence-electron chi connectivity index (χ1n) is 6.95. The summed E-state index contributed by atoms with van der Waals surface area (Å²) in [6.07, 6.45) is 0. The standard InChI is InChI=1S/C17H15FN2O2/c1-17(13-5-3-2-4-6-13)15(21)20(16(22)19-17)11-12-7-9-14(18)10-8-12/h2-10H,11H2,1H3,(H,19,22). The number of halogens is 1. The number of benzene rings is 2. The molecule has 1 aliphatic heterocycles. The van der Waals surface area contributed by atoms with E-state index in [1.165, 1.54) is 12.1 Å². The third-order valence-electron chi connectivity index (χ3n) is 3.88. The van der Waals surface area contributed by atoms with Crippen LogP contribution >= 0.6 is 0 Å². The van der Waals surface area contributed by atoms with Gasteiger partial charge in [0, 0.05) is 0 Å². The van der Waals surface area contributed by atoms with Crippen molar-refractivity contribution in [2.75, 3.05) is 0 Å². The Labute approximate surface area is 127 Å². The van der Waals surface area contributed by atoms with E-state index in [0.29, 0.717) is 5.56 Å². The monoisotopic (exact) mass is 298 g/mol. The molecular weight excluding hydrogens is 283 g/mol. The summed E-state index contributed by atoms with van der Waals surface area (Å²) in [6, 6.07) is 14.4. The Kier molecular flexibility index (Phi) is 3.41. The number of carbonyl (C=O) groups excluding carboxylic acids is 2. The predicted octanol–water partition coefficient (Wildman–Crippen LogP) is 2.79. The van der Waals surface area contributed by atoms with Crippen molar-refractivity contribution in [1.29, 1.82) is 0 Å². The molecule has 1 aliphatic rings. The number of urea groups is 1. The molecule has 0 spiro atoms. The summed E-state index contributed by atoms with van der Waals surface area (Å²) in [7, 11) is 0. The summed E-state index contributed by atoms with van der Waals surface area (Å²) in [4.78, 5) is 26.0. The Hall–Kier alpha value is -2.69. The lowest BCUT2D eigenvalue weighted by molar-refractivity contribution is -0.131. The minimum absolute atomic E-state index is 0.118. The summed E-state index contributed by atoms with van der Waals surface area (Å²) in [6.45, 7) is 1.81. The van der Waals surface area contributed by atoms with Crippen LogP contribution in [0.25, 0.3) is 0 Å². The van der Waals surface area contributed by atoms with Crippen molar-refractivity contribution in [3.05, 3.63) is 71.5 Å². The van der Waals surface area contributed by atoms with Crippen LogP contribution in [0.4, 0.5) is 9.18 Å². The van der Waals surface area contributed by atoms with Gasteiger partial charge in [-0.1, -0.05) is 42.5 Å². The summed E-state index contributed by atoms with van der Waals surface area (Å²) in [5.41, 5.74) is 0.357. The van der Waals surface area contributed by atoms with Crippen molar-refractivity contribution in [3.8, 4) is 0 Å². The van der Waals surface area contributed by atoms with Gasteiger partial charge in [0.25, 0.3) is 5.91 Å². The van der Waals surface area contributed by atoms with Gasteiger partial charge in [0.05, 0.1) is 6.54 Å². The molecule has 5 heteroatoms. The fraction of sp³-hybridized carbons (Fsp3) is 0.176. The van der Waals surface area contributed by atoms with Crippen LogP contribution in [0.5, 0.6) is 0 Å². The Morgan fingerprint density at radius 2 is 1.68 bits per heavy atom. The lowest BCUT2D eigenvalue weighted by atomic mass is 9.92. The number of nitrogens with zero attached hydrogens (tertiary/aromatic N) is 1. The lowest BCUT2D eigenvalue weighted by Crippen LogP contribution is -2.40. The van der Waals surface area contributed by atoms with Gasteiger partial charge in [-0.05, 0) is 30.2 Å². The Balaban J connectivity index is 1.87. The lowest BCUT2D eigenvalue weighted by Gasteiger charge is -2.22. The maximum atomic E-state index is 12.9. The molecule has 1 unspecified atom stereocenters. The second-order valence-electron chi connectivity index (χ2n) is 5.44. The van der Waals surface area contributed by atoms with Gasteiger partial charge in [0.2, 0.25) is 0 Å². The average molecular weight is 298 g/mol. The van der Waals surface area contributed by atoms with Crippen LogP contribution in [0.3, 0.4) is 0 Å². The molecule has 1 N–H and O–H groups in total. The van der Waals surface area contributed by atoms with E-state index in [-0.39, 0.29) is 18.3 Å². The highest BCUT2D eigenvalue weighted by Crippen LogP contribution is 2.29. The molecule has 4 nitrogen and oxygen atoms in total. The van der Waals surface area contributed by atoms with Crippen LogP contribution in [-0.4, -0.2) is 16.8 Å². The maximum absolute atomic E-state index is 12.9. The molecule has 2 aromatic rings. The minimum atomic E-state index is -1.07. The van der Waals surface area contributed by atoms with Crippen LogP contribution in [0, 0.1) is 5.82 Å². The Morgan fingerprint density at radius 3 is 2.32 bits per heavy atom. The van der Waals surface area contributed by atoms with Crippen molar-refractivity contribution in [2.24, 2.45) is 0 Å². The first-order chi connectivity index (χ1) is 10.5. The molecule has 1 fully saturated rings. The predicted molar refractivity (Wildman–Crippen MR) is 79.3 cm³/mol. The molecule has 1 heterocycles. The van der Waals surface area contributed by atoms with Gasteiger partial charge in [-0.15, -0.1) is 0 Å². The van der Waals surface area contributed by atoms with Gasteiger partial charge < -0.3 is 5.32 Å². The van der Waals surface area contributed by atoms with Crippen LogP contribution in [0.1, 0.15) is 18.1 Å². The molecule has 2 aromatic carbocycles. The van der Waals surface area contributed by atoms with Gasteiger partial charge in [0.1, 0.15) is 11.4 Å². The number of rotatable bonds is 3. The summed E-state index contributed by atoms with van der Waals surface area (Å²) in [5.74, 6) is -0.664. The third-order valence-corrected chi connectivity index (χ3v) is 3.88. The van der Waals surface area contributed by atoms with Crippen molar-refractivity contribution in [1.82, 2.24) is 10.2 Å². The molecule has 0 aliphatic carbocycles. The number of hydrogen-bond donors (Lipinski definition) is 1. The maximum Gasteiger partial charge on any atom is 0.325 e. The molecule has 1 saturated heterocycles. The van der Waals surface area contributed by atoms with Gasteiger partial charge in [-0.3, -0.25) is 9.69 Å². The number of imide groups is 1. The van der Waals surface area contributed by atoms with Gasteiger partial charge in [-0.25, -0.2) is 9.18 Å². The largest absolute Gasteiger partial charge is 0.325 e. The van der Waals surface area contributed by atoms with Crippen molar-refractivity contribution >= 4 is 11.9 Å². The van der Waals surface area contributed by atoms with Crippen LogP contribution < -0.4 is 5.32 Å². The van der Waals surface area contributed by atoms with E-state index < -0.39 is 11.6 Å². The molecular formula is C17H15FN2O2. The fourth-order valence-electron chi connectivity index (χ4n) is 2.58. The topological polar surface area (TPSA) is 49.4 Å². The molecule has 3 rings (SSSR count). The molecule has 1 atom stereocenters. The van der Waals surface area contributed by atoms with Gasteiger partial charge >= 0.3 is 6.03 Å². The minimum Gasteiger partial charge on any atom is -0.319 e. The smallest absolute Gasteiger partial charge is 0.319 e. The van der Waals surface area contributed by atoms with E-state index in [4.69, 9.17) is 0 Å². The normalized spacial score (nSPS) is 21.1. The molecule has 3 amide bonds. The quantitative estimate of drug-likeness (QED) is 0.886. The second kappa shape index (κ2) is 5.26. The van der Waals surface area contributed by atoms with Crippen molar-refractivity contribution in [3.63, 3.8) is 0 Å². The summed E-state index contributed by atoms with van der Waals surface area (Å²) < 4.78 is 12.9. The fourth-order valence-corrected chi connectivity index (χ4v) is 2.58. The van der Waals surface area contributed by atoms with E-state index in [2.05, 4.69) is 5.32 Å². The zero-order valence-electron chi connectivity index (χ0n) is 12.0. The first-order valence-corrected chi connectivity index (χ1v) is 6.95. The van der Waals surface area contributed by atoms with E-state index >= 15 is 0 Å². The molecule has 0 saturated carbocycles. The second-order valence-corrected chi connectivity index (χ2v) is 5.44. The van der Waals surface area contributed by atoms with E-state index in [1.54, 1.807) is 31.2 Å². The highest BCUT2D eigenvalue weighted by molar-refractivity contribution is 6.07. The number of nitrogens with one attached hydrogen (secondary N) is 1. The first kappa shape index (κ1) is 14.3. The van der Waals surface area contributed by atoms with Crippen molar-refractivity contribution < 1.29 is 14.0 Å². The van der Waals surface area contributed by atoms with Crippen molar-refractivity contribution in [2.45, 2.75) is 19.0 Å². The Bertz CT molecular complexity index is 715. The number of hydrogen-bond acceptors (Lipinski definition) is 2. The third kappa shape index (κ3) is 2.35. The Morgan fingerprint density at radius 1 is 1.05 bits per heavy atom. The molecule has 112 valence electrons. The molecule has 0 bridgehead atoms. The SMILES string of the molecule is CC1(c2ccccc2)NC(=O)N(Cc2ccc(F)cc2)C1=O. The van der Waals surface area contributed by atoms with E-state index in [0.717, 1.165) is 10.5 Å². The van der Waals surface area contributed by atoms with Crippen LogP contribution in [-0.2, 0) is 16.9 Å². The summed E-state index contributed by atoms with van der Waals surface area (Å²) in [5, 5.41) is 2.74. The zero-order valence-corrected chi connectivity index (χ0v) is 12.0. The van der Waals surface area contributed by atoms with E-state index in [9.17, 15) is 14.0 Å². The summed E-state index contributed by atoms with van der Waals surface area (Å²) >= 11 is 0. The van der Waals surface area contributed by atoms with Crippen LogP contribution in [0.15, 0.2) is 54.6 Å². The average Bonchev–Trinajstić information content (AvgIpc) is 2.75. The van der Waals surface area contributed by atoms with Gasteiger partial charge in [0.15, 0.2) is 0 Å². The number of carbonyl (C=O) groups is 2. The van der Waals surface area contributed by atoms with Crippen LogP contribution in [0.2, 0.25) is 0 Å². The molecule has 0 aromatic heterocycles. The highest BCUT2D eigenvalue weighted by Gasteiger charge is 2.48.